The second kappa shape index (κ2) is 8.69. The molecule has 7 nitrogen and oxygen atoms in total. The number of carbonyl (C=O) groups excluding carboxylic acids is 1. The van der Waals surface area contributed by atoms with Crippen molar-refractivity contribution in [3.63, 3.8) is 0 Å². The van der Waals surface area contributed by atoms with Crippen LogP contribution in [0, 0.1) is 5.92 Å². The molecule has 1 N–H and O–H groups in total. The molecule has 2 aromatic rings. The van der Waals surface area contributed by atoms with Gasteiger partial charge in [-0.1, -0.05) is 20.3 Å². The summed E-state index contributed by atoms with van der Waals surface area (Å²) in [5, 5.41) is 11.6. The number of aromatic nitrogens is 4. The molecular weight excluding hydrogens is 340 g/mol. The van der Waals surface area contributed by atoms with Gasteiger partial charge in [0.05, 0.1) is 6.20 Å². The zero-order valence-electron chi connectivity index (χ0n) is 17.0. The standard InChI is InChI=1S/C20H32N6O/c1-5-8-17-11-18(23-22-17)20(27)24(3)13-15-9-7-10-26(6-2)19(15)16-12-21-25(4)14-16/h11-12,14-15,19H,5-10,13H2,1-4H3,(H,22,23)/t15-,19+/m0/s1. The summed E-state index contributed by atoms with van der Waals surface area (Å²) in [5.74, 6) is 0.387. The molecule has 3 rings (SSSR count). The monoisotopic (exact) mass is 372 g/mol. The summed E-state index contributed by atoms with van der Waals surface area (Å²) in [5.41, 5.74) is 2.79. The van der Waals surface area contributed by atoms with E-state index >= 15 is 0 Å². The van der Waals surface area contributed by atoms with E-state index in [9.17, 15) is 4.79 Å². The Morgan fingerprint density at radius 2 is 2.22 bits per heavy atom. The normalized spacial score (nSPS) is 20.7. The number of H-pyrrole nitrogens is 1. The highest BCUT2D eigenvalue weighted by molar-refractivity contribution is 5.92. The minimum absolute atomic E-state index is 0.00726. The molecule has 0 aromatic carbocycles. The fourth-order valence-electron chi connectivity index (χ4n) is 4.27. The van der Waals surface area contributed by atoms with Gasteiger partial charge in [-0.25, -0.2) is 0 Å². The number of nitrogens with one attached hydrogen (secondary N) is 1. The van der Waals surface area contributed by atoms with Gasteiger partial charge in [-0.2, -0.15) is 10.2 Å². The number of amides is 1. The number of hydrogen-bond donors (Lipinski definition) is 1. The summed E-state index contributed by atoms with van der Waals surface area (Å²) >= 11 is 0. The van der Waals surface area contributed by atoms with Crippen LogP contribution >= 0.6 is 0 Å². The molecule has 0 spiro atoms. The summed E-state index contributed by atoms with van der Waals surface area (Å²) in [7, 11) is 3.85. The van der Waals surface area contributed by atoms with Crippen LogP contribution in [0.3, 0.4) is 0 Å². The van der Waals surface area contributed by atoms with Crippen molar-refractivity contribution in [1.82, 2.24) is 29.8 Å². The van der Waals surface area contributed by atoms with E-state index in [1.807, 2.05) is 35.9 Å². The maximum atomic E-state index is 12.8. The number of hydrogen-bond acceptors (Lipinski definition) is 4. The Bertz CT molecular complexity index is 751. The van der Waals surface area contributed by atoms with Gasteiger partial charge in [-0.15, -0.1) is 0 Å². The van der Waals surface area contributed by atoms with Gasteiger partial charge in [0.2, 0.25) is 0 Å². The van der Waals surface area contributed by atoms with Crippen LogP contribution in [0.4, 0.5) is 0 Å². The van der Waals surface area contributed by atoms with Gasteiger partial charge in [-0.3, -0.25) is 19.5 Å². The van der Waals surface area contributed by atoms with Crippen molar-refractivity contribution >= 4 is 5.91 Å². The van der Waals surface area contributed by atoms with E-state index in [2.05, 4.69) is 40.2 Å². The second-order valence-electron chi connectivity index (χ2n) is 7.64. The van der Waals surface area contributed by atoms with E-state index in [4.69, 9.17) is 0 Å². The molecule has 1 saturated heterocycles. The van der Waals surface area contributed by atoms with Crippen molar-refractivity contribution in [2.75, 3.05) is 26.7 Å². The number of likely N-dealkylation sites (tertiary alicyclic amines) is 1. The number of carbonyl (C=O) groups is 1. The Morgan fingerprint density at radius 1 is 1.41 bits per heavy atom. The molecule has 0 radical (unpaired) electrons. The average Bonchev–Trinajstić information content (AvgIpc) is 3.30. The van der Waals surface area contributed by atoms with Crippen LogP contribution in [-0.2, 0) is 13.5 Å². The number of nitrogens with zero attached hydrogens (tertiary/aromatic N) is 5. The SMILES string of the molecule is CCCc1cc(C(=O)N(C)C[C@@H]2CCCN(CC)[C@H]2c2cnn(C)c2)n[nH]1. The van der Waals surface area contributed by atoms with Gasteiger partial charge in [-0.05, 0) is 44.3 Å². The van der Waals surface area contributed by atoms with Crippen LogP contribution in [-0.4, -0.2) is 62.4 Å². The first-order valence-electron chi connectivity index (χ1n) is 10.1. The van der Waals surface area contributed by atoms with Gasteiger partial charge < -0.3 is 4.90 Å². The van der Waals surface area contributed by atoms with Gasteiger partial charge in [0.25, 0.3) is 5.91 Å². The van der Waals surface area contributed by atoms with Gasteiger partial charge in [0.15, 0.2) is 0 Å². The first-order chi connectivity index (χ1) is 13.0. The van der Waals surface area contributed by atoms with Crippen molar-refractivity contribution in [1.29, 1.82) is 0 Å². The number of aryl methyl sites for hydroxylation is 2. The molecule has 2 atom stereocenters. The third-order valence-corrected chi connectivity index (χ3v) is 5.56. The largest absolute Gasteiger partial charge is 0.340 e. The smallest absolute Gasteiger partial charge is 0.274 e. The molecule has 1 aliphatic heterocycles. The first kappa shape index (κ1) is 19.6. The predicted molar refractivity (Wildman–Crippen MR) is 105 cm³/mol. The van der Waals surface area contributed by atoms with Crippen LogP contribution in [0.15, 0.2) is 18.5 Å². The number of rotatable bonds is 7. The summed E-state index contributed by atoms with van der Waals surface area (Å²) < 4.78 is 1.86. The Balaban J connectivity index is 1.73. The molecule has 3 heterocycles. The van der Waals surface area contributed by atoms with Crippen LogP contribution in [0.2, 0.25) is 0 Å². The van der Waals surface area contributed by atoms with Crippen LogP contribution in [0.25, 0.3) is 0 Å². The molecule has 148 valence electrons. The maximum Gasteiger partial charge on any atom is 0.274 e. The fraction of sp³-hybridized carbons (Fsp3) is 0.650. The fourth-order valence-corrected chi connectivity index (χ4v) is 4.27. The molecular formula is C20H32N6O. The number of piperidine rings is 1. The molecule has 0 bridgehead atoms. The third-order valence-electron chi connectivity index (χ3n) is 5.56. The van der Waals surface area contributed by atoms with E-state index in [0.717, 1.165) is 44.6 Å². The third kappa shape index (κ3) is 4.40. The van der Waals surface area contributed by atoms with E-state index in [1.165, 1.54) is 12.0 Å². The molecule has 1 amide bonds. The van der Waals surface area contributed by atoms with E-state index in [1.54, 1.807) is 0 Å². The van der Waals surface area contributed by atoms with Gasteiger partial charge >= 0.3 is 0 Å². The van der Waals surface area contributed by atoms with Crippen molar-refractivity contribution in [2.45, 2.75) is 45.6 Å². The van der Waals surface area contributed by atoms with Crippen molar-refractivity contribution < 1.29 is 4.79 Å². The average molecular weight is 373 g/mol. The van der Waals surface area contributed by atoms with Crippen molar-refractivity contribution in [3.05, 3.63) is 35.4 Å². The highest BCUT2D eigenvalue weighted by atomic mass is 16.2. The lowest BCUT2D eigenvalue weighted by atomic mass is 9.85. The molecule has 0 saturated carbocycles. The number of aromatic amines is 1. The molecule has 7 heteroatoms. The van der Waals surface area contributed by atoms with Gasteiger partial charge in [0.1, 0.15) is 5.69 Å². The molecule has 0 unspecified atom stereocenters. The van der Waals surface area contributed by atoms with E-state index < -0.39 is 0 Å². The second-order valence-corrected chi connectivity index (χ2v) is 7.64. The minimum Gasteiger partial charge on any atom is -0.340 e. The predicted octanol–water partition coefficient (Wildman–Crippen LogP) is 2.64. The van der Waals surface area contributed by atoms with Gasteiger partial charge in [0, 0.05) is 44.1 Å². The molecule has 0 aliphatic carbocycles. The zero-order chi connectivity index (χ0) is 19.4. The summed E-state index contributed by atoms with van der Waals surface area (Å²) in [6.07, 6.45) is 8.32. The Kier molecular flexibility index (Phi) is 6.31. The molecule has 1 aliphatic rings. The topological polar surface area (TPSA) is 70.1 Å². The Labute approximate surface area is 161 Å². The zero-order valence-corrected chi connectivity index (χ0v) is 17.0. The Hall–Kier alpha value is -2.15. The van der Waals surface area contributed by atoms with Crippen LogP contribution in [0.1, 0.15) is 60.9 Å². The van der Waals surface area contributed by atoms with Crippen LogP contribution < -0.4 is 0 Å². The Morgan fingerprint density at radius 3 is 2.89 bits per heavy atom. The first-order valence-corrected chi connectivity index (χ1v) is 10.1. The molecule has 2 aromatic heterocycles. The summed E-state index contributed by atoms with van der Waals surface area (Å²) in [6, 6.07) is 2.20. The van der Waals surface area contributed by atoms with Crippen molar-refractivity contribution in [2.24, 2.45) is 13.0 Å². The van der Waals surface area contributed by atoms with E-state index in [-0.39, 0.29) is 5.91 Å². The lowest BCUT2D eigenvalue weighted by Crippen LogP contribution is -2.44. The van der Waals surface area contributed by atoms with Crippen LogP contribution in [0.5, 0.6) is 0 Å². The minimum atomic E-state index is -0.00726. The quantitative estimate of drug-likeness (QED) is 0.811. The lowest BCUT2D eigenvalue weighted by molar-refractivity contribution is 0.0584. The highest BCUT2D eigenvalue weighted by Crippen LogP contribution is 2.36. The molecule has 1 fully saturated rings. The molecule has 27 heavy (non-hydrogen) atoms. The van der Waals surface area contributed by atoms with E-state index in [0.29, 0.717) is 17.7 Å². The highest BCUT2D eigenvalue weighted by Gasteiger charge is 2.34. The summed E-state index contributed by atoms with van der Waals surface area (Å²) in [6.45, 7) is 7.16. The maximum absolute atomic E-state index is 12.8. The summed E-state index contributed by atoms with van der Waals surface area (Å²) in [4.78, 5) is 17.2. The lowest BCUT2D eigenvalue weighted by Gasteiger charge is -2.41. The van der Waals surface area contributed by atoms with Crippen molar-refractivity contribution in [3.8, 4) is 0 Å².